The number of carboxylic acids is 1. The number of carbonyl (C=O) groups is 3. The van der Waals surface area contributed by atoms with Gasteiger partial charge in [0.2, 0.25) is 5.91 Å². The van der Waals surface area contributed by atoms with Crippen molar-refractivity contribution < 1.29 is 19.5 Å². The number of likely N-dealkylation sites (tertiary alicyclic amines) is 1. The van der Waals surface area contributed by atoms with Crippen LogP contribution < -0.4 is 5.32 Å². The third-order valence-corrected chi connectivity index (χ3v) is 5.79. The predicted molar refractivity (Wildman–Crippen MR) is 101 cm³/mol. The van der Waals surface area contributed by atoms with Crippen molar-refractivity contribution in [3.63, 3.8) is 0 Å². The van der Waals surface area contributed by atoms with Gasteiger partial charge in [-0.15, -0.1) is 12.4 Å². The first-order valence-corrected chi connectivity index (χ1v) is 8.73. The van der Waals surface area contributed by atoms with Crippen molar-refractivity contribution in [1.29, 1.82) is 0 Å². The summed E-state index contributed by atoms with van der Waals surface area (Å²) in [5.74, 6) is -0.846. The van der Waals surface area contributed by atoms with Crippen LogP contribution >= 0.6 is 12.4 Å². The van der Waals surface area contributed by atoms with E-state index < -0.39 is 17.4 Å². The van der Waals surface area contributed by atoms with Gasteiger partial charge < -0.3 is 10.4 Å². The number of hydrogen-bond donors (Lipinski definition) is 2. The lowest BCUT2D eigenvalue weighted by molar-refractivity contribution is -0.149. The lowest BCUT2D eigenvalue weighted by Gasteiger charge is -2.26. The van der Waals surface area contributed by atoms with Crippen molar-refractivity contribution in [2.45, 2.75) is 39.2 Å². The number of anilines is 1. The highest BCUT2D eigenvalue weighted by atomic mass is 35.5. The molecular weight excluding hydrogens is 356 g/mol. The van der Waals surface area contributed by atoms with E-state index in [0.29, 0.717) is 30.8 Å². The van der Waals surface area contributed by atoms with Gasteiger partial charge in [-0.3, -0.25) is 19.3 Å². The summed E-state index contributed by atoms with van der Waals surface area (Å²) in [5.41, 5.74) is 0.436. The molecule has 1 heterocycles. The zero-order chi connectivity index (χ0) is 18.2. The van der Waals surface area contributed by atoms with E-state index >= 15 is 0 Å². The van der Waals surface area contributed by atoms with Crippen molar-refractivity contribution in [3.8, 4) is 0 Å². The molecule has 3 atom stereocenters. The molecule has 2 N–H and O–H groups in total. The Morgan fingerprint density at radius 2 is 2.08 bits per heavy atom. The largest absolute Gasteiger partial charge is 0.481 e. The highest BCUT2D eigenvalue weighted by Gasteiger charge is 2.55. The van der Waals surface area contributed by atoms with Crippen LogP contribution in [-0.4, -0.2) is 46.8 Å². The fourth-order valence-corrected chi connectivity index (χ4v) is 4.20. The fraction of sp³-hybridized carbons (Fsp3) is 0.526. The molecular formula is C19H25ClN2O4. The summed E-state index contributed by atoms with van der Waals surface area (Å²) >= 11 is 0. The number of nitrogens with zero attached hydrogens (tertiary/aromatic N) is 1. The fourth-order valence-electron chi connectivity index (χ4n) is 4.20. The van der Waals surface area contributed by atoms with Crippen LogP contribution in [-0.2, 0) is 9.59 Å². The summed E-state index contributed by atoms with van der Waals surface area (Å²) in [4.78, 5) is 37.8. The second kappa shape index (κ2) is 7.76. The maximum Gasteiger partial charge on any atom is 0.311 e. The Hall–Kier alpha value is -1.92. The number of ketones is 1. The summed E-state index contributed by atoms with van der Waals surface area (Å²) in [6.45, 7) is 4.36. The highest BCUT2D eigenvalue weighted by molar-refractivity contribution is 5.98. The maximum atomic E-state index is 12.6. The van der Waals surface area contributed by atoms with Gasteiger partial charge in [-0.25, -0.2) is 0 Å². The zero-order valence-corrected chi connectivity index (χ0v) is 15.8. The lowest BCUT2D eigenvalue weighted by atomic mass is 9.81. The molecule has 26 heavy (non-hydrogen) atoms. The minimum Gasteiger partial charge on any atom is -0.481 e. The summed E-state index contributed by atoms with van der Waals surface area (Å²) in [6.07, 6.45) is 2.56. The van der Waals surface area contributed by atoms with Gasteiger partial charge in [-0.2, -0.15) is 0 Å². The van der Waals surface area contributed by atoms with Gasteiger partial charge in [0.15, 0.2) is 5.78 Å². The standard InChI is InChI=1S/C19H24N2O4.ClH/c1-12(17(23)20-16-7-3-5-14(9-16)13(2)22)21-10-15-6-4-8-19(15,11-21)18(24)25;/h3,5,7,9,12,15H,4,6,8,10-11H2,1-2H3,(H,20,23)(H,24,25);1H/t12?,15-,19+;/m0./s1. The number of benzene rings is 1. The van der Waals surface area contributed by atoms with E-state index in [4.69, 9.17) is 0 Å². The van der Waals surface area contributed by atoms with E-state index in [1.54, 1.807) is 31.2 Å². The Labute approximate surface area is 159 Å². The first-order valence-electron chi connectivity index (χ1n) is 8.73. The molecule has 1 amide bonds. The molecule has 0 bridgehead atoms. The maximum absolute atomic E-state index is 12.6. The van der Waals surface area contributed by atoms with Crippen LogP contribution in [0.4, 0.5) is 5.69 Å². The van der Waals surface area contributed by atoms with Gasteiger partial charge in [-0.1, -0.05) is 18.6 Å². The molecule has 1 aliphatic carbocycles. The van der Waals surface area contributed by atoms with E-state index in [9.17, 15) is 19.5 Å². The Kier molecular flexibility index (Phi) is 6.09. The average molecular weight is 381 g/mol. The number of fused-ring (bicyclic) bond motifs is 1. The van der Waals surface area contributed by atoms with Crippen LogP contribution in [0.1, 0.15) is 43.5 Å². The van der Waals surface area contributed by atoms with Gasteiger partial charge in [0, 0.05) is 24.3 Å². The van der Waals surface area contributed by atoms with Crippen molar-refractivity contribution in [1.82, 2.24) is 4.90 Å². The number of carbonyl (C=O) groups excluding carboxylic acids is 2. The summed E-state index contributed by atoms with van der Waals surface area (Å²) in [7, 11) is 0. The summed E-state index contributed by atoms with van der Waals surface area (Å²) in [6, 6.07) is 6.43. The lowest BCUT2D eigenvalue weighted by Crippen LogP contribution is -2.43. The molecule has 0 radical (unpaired) electrons. The summed E-state index contributed by atoms with van der Waals surface area (Å²) in [5, 5.41) is 12.5. The molecule has 1 unspecified atom stereocenters. The molecule has 2 aliphatic rings. The zero-order valence-electron chi connectivity index (χ0n) is 15.0. The quantitative estimate of drug-likeness (QED) is 0.767. The number of aliphatic carboxylic acids is 1. The van der Waals surface area contributed by atoms with E-state index in [1.165, 1.54) is 6.92 Å². The molecule has 0 spiro atoms. The molecule has 3 rings (SSSR count). The second-order valence-electron chi connectivity index (χ2n) is 7.28. The van der Waals surface area contributed by atoms with Crippen molar-refractivity contribution in [2.75, 3.05) is 18.4 Å². The molecule has 1 aromatic carbocycles. The normalized spacial score (nSPS) is 25.8. The molecule has 0 aromatic heterocycles. The second-order valence-corrected chi connectivity index (χ2v) is 7.28. The third kappa shape index (κ3) is 3.62. The van der Waals surface area contributed by atoms with E-state index in [0.717, 1.165) is 12.8 Å². The van der Waals surface area contributed by atoms with Crippen LogP contribution in [0.3, 0.4) is 0 Å². The molecule has 1 aromatic rings. The number of hydrogen-bond acceptors (Lipinski definition) is 4. The van der Waals surface area contributed by atoms with Crippen LogP contribution in [0.2, 0.25) is 0 Å². The smallest absolute Gasteiger partial charge is 0.311 e. The molecule has 1 aliphatic heterocycles. The first-order chi connectivity index (χ1) is 11.8. The Morgan fingerprint density at radius 3 is 2.69 bits per heavy atom. The minimum absolute atomic E-state index is 0. The van der Waals surface area contributed by atoms with E-state index in [2.05, 4.69) is 5.32 Å². The predicted octanol–water partition coefficient (Wildman–Crippen LogP) is 2.82. The Balaban J connectivity index is 0.00000243. The molecule has 1 saturated carbocycles. The molecule has 142 valence electrons. The van der Waals surface area contributed by atoms with Gasteiger partial charge in [0.05, 0.1) is 11.5 Å². The number of nitrogens with one attached hydrogen (secondary N) is 1. The minimum atomic E-state index is -0.737. The van der Waals surface area contributed by atoms with Crippen molar-refractivity contribution in [2.24, 2.45) is 11.3 Å². The molecule has 7 heteroatoms. The van der Waals surface area contributed by atoms with Crippen LogP contribution in [0.25, 0.3) is 0 Å². The van der Waals surface area contributed by atoms with Gasteiger partial charge in [0.1, 0.15) is 0 Å². The molecule has 6 nitrogen and oxygen atoms in total. The van der Waals surface area contributed by atoms with Gasteiger partial charge in [0.25, 0.3) is 0 Å². The number of carboxylic acid groups (broad SMARTS) is 1. The number of halogens is 1. The van der Waals surface area contributed by atoms with Crippen LogP contribution in [0, 0.1) is 11.3 Å². The highest BCUT2D eigenvalue weighted by Crippen LogP contribution is 2.49. The van der Waals surface area contributed by atoms with Crippen LogP contribution in [0.5, 0.6) is 0 Å². The van der Waals surface area contributed by atoms with Crippen molar-refractivity contribution in [3.05, 3.63) is 29.8 Å². The summed E-state index contributed by atoms with van der Waals surface area (Å²) < 4.78 is 0. The van der Waals surface area contributed by atoms with Crippen molar-refractivity contribution >= 4 is 35.8 Å². The Morgan fingerprint density at radius 1 is 1.35 bits per heavy atom. The van der Waals surface area contributed by atoms with Gasteiger partial charge >= 0.3 is 5.97 Å². The monoisotopic (exact) mass is 380 g/mol. The Bertz CT molecular complexity index is 723. The number of Topliss-reactive ketones (excluding diaryl/α,β-unsaturated/α-hetero) is 1. The van der Waals surface area contributed by atoms with E-state index in [1.807, 2.05) is 4.90 Å². The SMILES string of the molecule is CC(=O)c1cccc(NC(=O)C(C)N2C[C@@H]3CCC[C@@]3(C(=O)O)C2)c1.Cl. The molecule has 2 fully saturated rings. The van der Waals surface area contributed by atoms with Crippen LogP contribution in [0.15, 0.2) is 24.3 Å². The topological polar surface area (TPSA) is 86.7 Å². The van der Waals surface area contributed by atoms with Gasteiger partial charge in [-0.05, 0) is 44.7 Å². The third-order valence-electron chi connectivity index (χ3n) is 5.79. The molecule has 1 saturated heterocycles. The number of amides is 1. The first kappa shape index (κ1) is 20.4. The number of rotatable bonds is 5. The average Bonchev–Trinajstić information content (AvgIpc) is 3.12. The van der Waals surface area contributed by atoms with E-state index in [-0.39, 0.29) is 30.0 Å².